The van der Waals surface area contributed by atoms with E-state index in [0.717, 1.165) is 25.0 Å². The van der Waals surface area contributed by atoms with Crippen LogP contribution in [-0.2, 0) is 22.4 Å². The maximum atomic E-state index is 11.1. The molecule has 1 rings (SSSR count). The zero-order valence-electron chi connectivity index (χ0n) is 10.0. The summed E-state index contributed by atoms with van der Waals surface area (Å²) in [6.07, 6.45) is 5.03. The molecule has 0 aliphatic rings. The Morgan fingerprint density at radius 1 is 1.38 bits per heavy atom. The first-order chi connectivity index (χ1) is 7.76. The van der Waals surface area contributed by atoms with E-state index in [1.807, 2.05) is 19.2 Å². The molecular weight excluding hydrogens is 202 g/mol. The van der Waals surface area contributed by atoms with Crippen molar-refractivity contribution >= 4 is 5.97 Å². The predicted octanol–water partition coefficient (Wildman–Crippen LogP) is 2.53. The Kier molecular flexibility index (Phi) is 5.54. The second-order valence-electron chi connectivity index (χ2n) is 3.67. The second kappa shape index (κ2) is 6.99. The third-order valence-corrected chi connectivity index (χ3v) is 2.41. The van der Waals surface area contributed by atoms with Crippen molar-refractivity contribution in [3.8, 4) is 0 Å². The molecule has 0 spiro atoms. The third-order valence-electron chi connectivity index (χ3n) is 2.41. The molecule has 3 nitrogen and oxygen atoms in total. The molecule has 0 saturated carbocycles. The van der Waals surface area contributed by atoms with Crippen molar-refractivity contribution in [1.82, 2.24) is 4.98 Å². The maximum Gasteiger partial charge on any atom is 0.305 e. The SMILES string of the molecule is CCOC(=O)CCCc1ccc(CC)cn1. The quantitative estimate of drug-likeness (QED) is 0.693. The molecule has 0 bridgehead atoms. The number of rotatable bonds is 6. The fourth-order valence-corrected chi connectivity index (χ4v) is 1.46. The number of aryl methyl sites for hydroxylation is 2. The van der Waals surface area contributed by atoms with E-state index >= 15 is 0 Å². The highest BCUT2D eigenvalue weighted by Gasteiger charge is 2.02. The average Bonchev–Trinajstić information content (AvgIpc) is 2.30. The number of carbonyl (C=O) groups is 1. The smallest absolute Gasteiger partial charge is 0.305 e. The van der Waals surface area contributed by atoms with Crippen LogP contribution in [0.3, 0.4) is 0 Å². The molecule has 0 atom stereocenters. The first-order valence-corrected chi connectivity index (χ1v) is 5.85. The molecule has 1 aromatic rings. The molecule has 0 aliphatic heterocycles. The van der Waals surface area contributed by atoms with Gasteiger partial charge in [0.2, 0.25) is 0 Å². The van der Waals surface area contributed by atoms with E-state index in [9.17, 15) is 4.79 Å². The number of hydrogen-bond donors (Lipinski definition) is 0. The van der Waals surface area contributed by atoms with Gasteiger partial charge in [0.05, 0.1) is 6.61 Å². The minimum absolute atomic E-state index is 0.118. The van der Waals surface area contributed by atoms with Gasteiger partial charge in [0, 0.05) is 18.3 Å². The first kappa shape index (κ1) is 12.7. The van der Waals surface area contributed by atoms with Gasteiger partial charge in [-0.1, -0.05) is 13.0 Å². The van der Waals surface area contributed by atoms with Crippen LogP contribution < -0.4 is 0 Å². The number of nitrogens with zero attached hydrogens (tertiary/aromatic N) is 1. The minimum Gasteiger partial charge on any atom is -0.466 e. The van der Waals surface area contributed by atoms with Gasteiger partial charge in [0.25, 0.3) is 0 Å². The topological polar surface area (TPSA) is 39.2 Å². The largest absolute Gasteiger partial charge is 0.466 e. The van der Waals surface area contributed by atoms with Gasteiger partial charge in [-0.25, -0.2) is 0 Å². The summed E-state index contributed by atoms with van der Waals surface area (Å²) < 4.78 is 4.86. The Hall–Kier alpha value is -1.38. The summed E-state index contributed by atoms with van der Waals surface area (Å²) in [5.74, 6) is -0.118. The zero-order chi connectivity index (χ0) is 11.8. The summed E-state index contributed by atoms with van der Waals surface area (Å²) >= 11 is 0. The highest BCUT2D eigenvalue weighted by atomic mass is 16.5. The lowest BCUT2D eigenvalue weighted by atomic mass is 10.1. The van der Waals surface area contributed by atoms with Crippen molar-refractivity contribution in [1.29, 1.82) is 0 Å². The van der Waals surface area contributed by atoms with E-state index in [4.69, 9.17) is 4.74 Å². The second-order valence-corrected chi connectivity index (χ2v) is 3.67. The molecule has 1 aromatic heterocycles. The number of pyridine rings is 1. The van der Waals surface area contributed by atoms with E-state index in [-0.39, 0.29) is 5.97 Å². The Balaban J connectivity index is 2.29. The van der Waals surface area contributed by atoms with Gasteiger partial charge in [-0.2, -0.15) is 0 Å². The molecular formula is C13H19NO2. The van der Waals surface area contributed by atoms with Crippen LogP contribution in [0.1, 0.15) is 37.9 Å². The Bertz CT molecular complexity index is 319. The molecule has 0 aliphatic carbocycles. The van der Waals surface area contributed by atoms with Crippen LogP contribution in [0.25, 0.3) is 0 Å². The maximum absolute atomic E-state index is 11.1. The fraction of sp³-hybridized carbons (Fsp3) is 0.538. The molecule has 0 N–H and O–H groups in total. The number of aromatic nitrogens is 1. The highest BCUT2D eigenvalue weighted by Crippen LogP contribution is 2.05. The van der Waals surface area contributed by atoms with Gasteiger partial charge in [-0.05, 0) is 37.8 Å². The molecule has 3 heteroatoms. The van der Waals surface area contributed by atoms with Gasteiger partial charge < -0.3 is 4.74 Å². The van der Waals surface area contributed by atoms with Crippen molar-refractivity contribution in [2.24, 2.45) is 0 Å². The normalized spacial score (nSPS) is 10.1. The van der Waals surface area contributed by atoms with E-state index in [0.29, 0.717) is 13.0 Å². The summed E-state index contributed by atoms with van der Waals surface area (Å²) in [5, 5.41) is 0. The van der Waals surface area contributed by atoms with E-state index in [1.165, 1.54) is 5.56 Å². The van der Waals surface area contributed by atoms with Gasteiger partial charge >= 0.3 is 5.97 Å². The Morgan fingerprint density at radius 3 is 2.75 bits per heavy atom. The summed E-state index contributed by atoms with van der Waals surface area (Å²) in [5.41, 5.74) is 2.29. The van der Waals surface area contributed by atoms with Gasteiger partial charge in [-0.15, -0.1) is 0 Å². The summed E-state index contributed by atoms with van der Waals surface area (Å²) in [6.45, 7) is 4.39. The van der Waals surface area contributed by atoms with Crippen molar-refractivity contribution in [3.63, 3.8) is 0 Å². The lowest BCUT2D eigenvalue weighted by Crippen LogP contribution is -2.04. The summed E-state index contributed by atoms with van der Waals surface area (Å²) in [6, 6.07) is 4.12. The molecule has 0 aromatic carbocycles. The molecule has 0 fully saturated rings. The minimum atomic E-state index is -0.118. The molecule has 1 heterocycles. The zero-order valence-corrected chi connectivity index (χ0v) is 10.0. The van der Waals surface area contributed by atoms with Crippen molar-refractivity contribution in [3.05, 3.63) is 29.6 Å². The van der Waals surface area contributed by atoms with Crippen LogP contribution in [-0.4, -0.2) is 17.6 Å². The predicted molar refractivity (Wildman–Crippen MR) is 63.2 cm³/mol. The standard InChI is InChI=1S/C13H19NO2/c1-3-11-8-9-12(14-10-11)6-5-7-13(15)16-4-2/h8-10H,3-7H2,1-2H3. The van der Waals surface area contributed by atoms with Crippen LogP contribution in [0, 0.1) is 0 Å². The van der Waals surface area contributed by atoms with E-state index in [2.05, 4.69) is 18.0 Å². The van der Waals surface area contributed by atoms with Gasteiger partial charge in [0.15, 0.2) is 0 Å². The van der Waals surface area contributed by atoms with Crippen LogP contribution in [0.15, 0.2) is 18.3 Å². The van der Waals surface area contributed by atoms with Crippen molar-refractivity contribution in [2.75, 3.05) is 6.61 Å². The lowest BCUT2D eigenvalue weighted by molar-refractivity contribution is -0.143. The molecule has 16 heavy (non-hydrogen) atoms. The lowest BCUT2D eigenvalue weighted by Gasteiger charge is -2.02. The number of hydrogen-bond acceptors (Lipinski definition) is 3. The van der Waals surface area contributed by atoms with Gasteiger partial charge in [0.1, 0.15) is 0 Å². The fourth-order valence-electron chi connectivity index (χ4n) is 1.46. The average molecular weight is 221 g/mol. The molecule has 0 amide bonds. The van der Waals surface area contributed by atoms with E-state index in [1.54, 1.807) is 0 Å². The summed E-state index contributed by atoms with van der Waals surface area (Å²) in [4.78, 5) is 15.4. The monoisotopic (exact) mass is 221 g/mol. The van der Waals surface area contributed by atoms with Crippen LogP contribution in [0.5, 0.6) is 0 Å². The molecule has 88 valence electrons. The number of ether oxygens (including phenoxy) is 1. The Morgan fingerprint density at radius 2 is 2.19 bits per heavy atom. The number of esters is 1. The third kappa shape index (κ3) is 4.43. The van der Waals surface area contributed by atoms with Crippen molar-refractivity contribution < 1.29 is 9.53 Å². The van der Waals surface area contributed by atoms with Crippen LogP contribution in [0.2, 0.25) is 0 Å². The van der Waals surface area contributed by atoms with Crippen LogP contribution in [0.4, 0.5) is 0 Å². The molecule has 0 saturated heterocycles. The Labute approximate surface area is 96.8 Å². The molecule has 0 unspecified atom stereocenters. The number of carbonyl (C=O) groups excluding carboxylic acids is 1. The highest BCUT2D eigenvalue weighted by molar-refractivity contribution is 5.69. The van der Waals surface area contributed by atoms with E-state index < -0.39 is 0 Å². The van der Waals surface area contributed by atoms with Gasteiger partial charge in [-0.3, -0.25) is 9.78 Å². The van der Waals surface area contributed by atoms with Crippen LogP contribution >= 0.6 is 0 Å². The summed E-state index contributed by atoms with van der Waals surface area (Å²) in [7, 11) is 0. The first-order valence-electron chi connectivity index (χ1n) is 5.85. The molecule has 0 radical (unpaired) electrons. The van der Waals surface area contributed by atoms with Crippen molar-refractivity contribution in [2.45, 2.75) is 39.5 Å².